The van der Waals surface area contributed by atoms with Crippen LogP contribution in [0.4, 0.5) is 0 Å². The highest BCUT2D eigenvalue weighted by Crippen LogP contribution is 2.08. The van der Waals surface area contributed by atoms with Gasteiger partial charge in [-0.1, -0.05) is 37.0 Å². The molecule has 0 bridgehead atoms. The number of halogens is 2. The van der Waals surface area contributed by atoms with Crippen LogP contribution in [0.5, 0.6) is 0 Å². The van der Waals surface area contributed by atoms with Crippen LogP contribution in [0.3, 0.4) is 0 Å². The van der Waals surface area contributed by atoms with Gasteiger partial charge in [0.2, 0.25) is 0 Å². The molecule has 3 heteroatoms. The van der Waals surface area contributed by atoms with Crippen molar-refractivity contribution in [3.63, 3.8) is 0 Å². The lowest BCUT2D eigenvalue weighted by Crippen LogP contribution is -2.14. The van der Waals surface area contributed by atoms with E-state index in [2.05, 4.69) is 0 Å². The van der Waals surface area contributed by atoms with Crippen molar-refractivity contribution in [1.82, 2.24) is 0 Å². The molecule has 0 aliphatic rings. The number of carbonyl (C=O) groups excluding carboxylic acids is 1. The molecule has 48 valence electrons. The molecule has 1 nitrogen and oxygen atoms in total. The largest absolute Gasteiger partial charge is 0.296 e. The maximum atomic E-state index is 10.6. The number of hydrogen-bond acceptors (Lipinski definition) is 1. The van der Waals surface area contributed by atoms with E-state index in [4.69, 9.17) is 23.2 Å². The van der Waals surface area contributed by atoms with Gasteiger partial charge in [-0.15, -0.1) is 0 Å². The molecule has 0 aromatic rings. The van der Waals surface area contributed by atoms with E-state index in [-0.39, 0.29) is 11.7 Å². The topological polar surface area (TPSA) is 17.1 Å². The zero-order valence-corrected chi connectivity index (χ0v) is 6.33. The van der Waals surface area contributed by atoms with Crippen LogP contribution in [-0.4, -0.2) is 10.6 Å². The predicted octanol–water partition coefficient (Wildman–Crippen LogP) is 2.02. The summed E-state index contributed by atoms with van der Waals surface area (Å²) in [4.78, 5) is 9.73. The van der Waals surface area contributed by atoms with Crippen molar-refractivity contribution in [3.8, 4) is 0 Å². The summed E-state index contributed by atoms with van der Waals surface area (Å²) < 4.78 is 0. The minimum absolute atomic E-state index is 0.0602. The maximum absolute atomic E-state index is 10.6. The molecule has 0 aliphatic carbocycles. The smallest absolute Gasteiger partial charge is 0.168 e. The van der Waals surface area contributed by atoms with Crippen molar-refractivity contribution in [2.24, 2.45) is 5.92 Å². The zero-order valence-electron chi connectivity index (χ0n) is 4.82. The Bertz CT molecular complexity index is 78.4. The fraction of sp³-hybridized carbons (Fsp3) is 0.800. The third kappa shape index (κ3) is 2.53. The van der Waals surface area contributed by atoms with E-state index >= 15 is 0 Å². The molecule has 0 saturated heterocycles. The van der Waals surface area contributed by atoms with Gasteiger partial charge in [0.05, 0.1) is 0 Å². The number of ketones is 1. The van der Waals surface area contributed by atoms with Crippen LogP contribution in [-0.2, 0) is 4.79 Å². The summed E-state index contributed by atoms with van der Waals surface area (Å²) in [5.74, 6) is -0.177. The molecule has 0 radical (unpaired) electrons. The van der Waals surface area contributed by atoms with Crippen LogP contribution < -0.4 is 0 Å². The Hall–Kier alpha value is 0.250. The van der Waals surface area contributed by atoms with Crippen LogP contribution in [0.15, 0.2) is 0 Å². The van der Waals surface area contributed by atoms with Crippen LogP contribution in [0.2, 0.25) is 0 Å². The van der Waals surface area contributed by atoms with Gasteiger partial charge in [-0.2, -0.15) is 0 Å². The van der Waals surface area contributed by atoms with Crippen LogP contribution in [0.1, 0.15) is 13.8 Å². The third-order valence-corrected chi connectivity index (χ3v) is 1.21. The summed E-state index contributed by atoms with van der Waals surface area (Å²) in [6, 6.07) is 0. The van der Waals surface area contributed by atoms with Gasteiger partial charge in [-0.3, -0.25) is 4.79 Å². The normalized spacial score (nSPS) is 10.8. The first kappa shape index (κ1) is 8.25. The molecule has 0 spiro atoms. The van der Waals surface area contributed by atoms with Crippen molar-refractivity contribution in [1.29, 1.82) is 0 Å². The highest BCUT2D eigenvalue weighted by Gasteiger charge is 2.14. The molecule has 0 aromatic carbocycles. The van der Waals surface area contributed by atoms with Gasteiger partial charge in [0.25, 0.3) is 0 Å². The Morgan fingerprint density at radius 1 is 1.38 bits per heavy atom. The van der Waals surface area contributed by atoms with Gasteiger partial charge in [0.15, 0.2) is 10.6 Å². The molecule has 0 unspecified atom stereocenters. The van der Waals surface area contributed by atoms with Crippen molar-refractivity contribution in [2.45, 2.75) is 18.7 Å². The zero-order chi connectivity index (χ0) is 6.73. The minimum atomic E-state index is -0.852. The molecule has 0 aromatic heterocycles. The third-order valence-electron chi connectivity index (χ3n) is 0.784. The lowest BCUT2D eigenvalue weighted by atomic mass is 10.1. The van der Waals surface area contributed by atoms with E-state index in [1.807, 2.05) is 0 Å². The highest BCUT2D eigenvalue weighted by molar-refractivity contribution is 6.53. The first-order chi connectivity index (χ1) is 3.55. The van der Waals surface area contributed by atoms with Crippen molar-refractivity contribution in [2.75, 3.05) is 0 Å². The number of carbonyl (C=O) groups is 1. The molecule has 0 rings (SSSR count). The maximum Gasteiger partial charge on any atom is 0.168 e. The summed E-state index contributed by atoms with van der Waals surface area (Å²) in [5, 5.41) is 0. The first-order valence-corrected chi connectivity index (χ1v) is 3.25. The summed E-state index contributed by atoms with van der Waals surface area (Å²) in [6.07, 6.45) is 0. The molecule has 0 N–H and O–H groups in total. The second-order valence-electron chi connectivity index (χ2n) is 1.86. The fourth-order valence-corrected chi connectivity index (χ4v) is 0.756. The van der Waals surface area contributed by atoms with E-state index in [0.717, 1.165) is 0 Å². The van der Waals surface area contributed by atoms with Crippen molar-refractivity contribution >= 4 is 29.0 Å². The molecule has 0 saturated carbocycles. The lowest BCUT2D eigenvalue weighted by molar-refractivity contribution is -0.120. The van der Waals surface area contributed by atoms with Gasteiger partial charge in [-0.05, 0) is 0 Å². The second-order valence-corrected chi connectivity index (χ2v) is 2.95. The van der Waals surface area contributed by atoms with E-state index in [0.29, 0.717) is 0 Å². The van der Waals surface area contributed by atoms with Gasteiger partial charge >= 0.3 is 0 Å². The average Bonchev–Trinajstić information content (AvgIpc) is 1.64. The molecule has 0 atom stereocenters. The lowest BCUT2D eigenvalue weighted by Gasteiger charge is -2.01. The molecule has 0 aliphatic heterocycles. The standard InChI is InChI=1S/C5H8Cl2O/c1-3(2)4(8)5(6)7/h3,5H,1-2H3. The summed E-state index contributed by atoms with van der Waals surface area (Å²) >= 11 is 10.5. The van der Waals surface area contributed by atoms with E-state index in [1.165, 1.54) is 0 Å². The minimum Gasteiger partial charge on any atom is -0.296 e. The van der Waals surface area contributed by atoms with Crippen LogP contribution in [0, 0.1) is 5.92 Å². The molecule has 0 heterocycles. The van der Waals surface area contributed by atoms with Crippen molar-refractivity contribution in [3.05, 3.63) is 0 Å². The molecular formula is C5H8Cl2O. The Kier molecular flexibility index (Phi) is 3.41. The number of alkyl halides is 2. The Balaban J connectivity index is 3.65. The van der Waals surface area contributed by atoms with E-state index < -0.39 is 4.84 Å². The molecule has 0 amide bonds. The molecule has 0 fully saturated rings. The predicted molar refractivity (Wildman–Crippen MR) is 35.3 cm³/mol. The van der Waals surface area contributed by atoms with Gasteiger partial charge < -0.3 is 0 Å². The van der Waals surface area contributed by atoms with Gasteiger partial charge in [0, 0.05) is 5.92 Å². The van der Waals surface area contributed by atoms with Crippen molar-refractivity contribution < 1.29 is 4.79 Å². The van der Waals surface area contributed by atoms with E-state index in [9.17, 15) is 4.79 Å². The monoisotopic (exact) mass is 154 g/mol. The number of Topliss-reactive ketones (excluding diaryl/α,β-unsaturated/α-hetero) is 1. The van der Waals surface area contributed by atoms with Crippen LogP contribution in [0.25, 0.3) is 0 Å². The fourth-order valence-electron chi connectivity index (χ4n) is 0.252. The first-order valence-electron chi connectivity index (χ1n) is 2.37. The second kappa shape index (κ2) is 3.31. The van der Waals surface area contributed by atoms with Crippen LogP contribution >= 0.6 is 23.2 Å². The average molecular weight is 155 g/mol. The van der Waals surface area contributed by atoms with Gasteiger partial charge in [0.1, 0.15) is 0 Å². The molecular weight excluding hydrogens is 147 g/mol. The summed E-state index contributed by atoms with van der Waals surface area (Å²) in [6.45, 7) is 3.53. The highest BCUT2D eigenvalue weighted by atomic mass is 35.5. The Morgan fingerprint density at radius 2 is 1.75 bits per heavy atom. The number of hydrogen-bond donors (Lipinski definition) is 0. The van der Waals surface area contributed by atoms with Gasteiger partial charge in [-0.25, -0.2) is 0 Å². The Labute approximate surface area is 59.0 Å². The number of rotatable bonds is 2. The Morgan fingerprint density at radius 3 is 1.75 bits per heavy atom. The summed E-state index contributed by atoms with van der Waals surface area (Å²) in [7, 11) is 0. The molecule has 8 heavy (non-hydrogen) atoms. The summed E-state index contributed by atoms with van der Waals surface area (Å²) in [5.41, 5.74) is 0. The van der Waals surface area contributed by atoms with E-state index in [1.54, 1.807) is 13.8 Å². The SMILES string of the molecule is CC(C)C(=O)C(Cl)Cl. The quantitative estimate of drug-likeness (QED) is 0.557.